The largest absolute Gasteiger partial charge is 0.631 e. The molecular weight excluding hydrogens is 131 g/mol. The van der Waals surface area contributed by atoms with E-state index in [-0.39, 0.29) is 39.5 Å². The van der Waals surface area contributed by atoms with Crippen LogP contribution in [0.2, 0.25) is 0 Å². The van der Waals surface area contributed by atoms with Crippen LogP contribution in [0.15, 0.2) is 0 Å². The van der Waals surface area contributed by atoms with E-state index >= 15 is 0 Å². The molecule has 0 rings (SSSR count). The van der Waals surface area contributed by atoms with E-state index < -0.39 is 7.32 Å². The van der Waals surface area contributed by atoms with Gasteiger partial charge in [-0.25, -0.2) is 0 Å². The van der Waals surface area contributed by atoms with Gasteiger partial charge in [-0.2, -0.15) is 0 Å². The molecule has 52 valence electrons. The minimum absolute atomic E-state index is 0. The van der Waals surface area contributed by atoms with Gasteiger partial charge in [0.2, 0.25) is 0 Å². The van der Waals surface area contributed by atoms with Crippen LogP contribution in [0.5, 0.6) is 0 Å². The van der Waals surface area contributed by atoms with Crippen LogP contribution in [0.3, 0.4) is 0 Å². The molecule has 0 heterocycles. The van der Waals surface area contributed by atoms with Gasteiger partial charge in [-0.1, -0.05) is 0 Å². The Bertz CT molecular complexity index is 13.2. The Morgan fingerprint density at radius 3 is 0.750 bits per heavy atom. The van der Waals surface area contributed by atoms with Crippen LogP contribution in [0.4, 0.5) is 0 Å². The second kappa shape index (κ2) is 25.6. The van der Waals surface area contributed by atoms with E-state index in [0.29, 0.717) is 0 Å². The quantitative estimate of drug-likeness (QED) is 0.289. The molecule has 0 aliphatic rings. The van der Waals surface area contributed by atoms with Crippen LogP contribution in [-0.4, -0.2) is 61.9 Å². The van der Waals surface area contributed by atoms with Crippen molar-refractivity contribution in [2.75, 3.05) is 0 Å². The lowest BCUT2D eigenvalue weighted by Gasteiger charge is -1.69. The molecule has 6 nitrogen and oxygen atoms in total. The third-order valence-corrected chi connectivity index (χ3v) is 0. The highest BCUT2D eigenvalue weighted by Crippen LogP contribution is 1.40. The highest BCUT2D eigenvalue weighted by atomic mass is 24.3. The first kappa shape index (κ1) is 38.4. The Kier molecular flexibility index (Phi) is 123. The van der Waals surface area contributed by atoms with Crippen LogP contribution < -0.4 is 0 Å². The fourth-order valence-corrected chi connectivity index (χ4v) is 0. The van der Waals surface area contributed by atoms with Crippen molar-refractivity contribution in [2.24, 2.45) is 0 Å². The van der Waals surface area contributed by atoms with Crippen molar-refractivity contribution in [3.63, 3.8) is 0 Å². The maximum Gasteiger partial charge on any atom is 0.631 e. The number of hydrogen-bond acceptors (Lipinski definition) is 3. The monoisotopic (exact) mass is 142 g/mol. The predicted octanol–water partition coefficient (Wildman–Crippen LogP) is -5.44. The molecule has 0 radical (unpaired) electrons. The van der Waals surface area contributed by atoms with Gasteiger partial charge in [-0.05, 0) is 0 Å². The summed E-state index contributed by atoms with van der Waals surface area (Å²) >= 11 is 0. The van der Waals surface area contributed by atoms with Crippen molar-refractivity contribution in [1.29, 1.82) is 0 Å². The van der Waals surface area contributed by atoms with Crippen molar-refractivity contribution in [2.45, 2.75) is 0 Å². The second-order valence-electron chi connectivity index (χ2n) is 0.346. The summed E-state index contributed by atoms with van der Waals surface area (Å²) in [5, 5.41) is 21.5. The van der Waals surface area contributed by atoms with Crippen molar-refractivity contribution in [1.82, 2.24) is 0 Å². The molecule has 9 N–H and O–H groups in total. The van der Waals surface area contributed by atoms with Crippen LogP contribution in [0.1, 0.15) is 0 Å². The molecule has 0 bridgehead atoms. The van der Waals surface area contributed by atoms with Gasteiger partial charge >= 0.3 is 30.4 Å². The summed E-state index contributed by atoms with van der Waals surface area (Å²) in [6, 6.07) is 0. The lowest BCUT2D eigenvalue weighted by Crippen LogP contribution is -2.07. The highest BCUT2D eigenvalue weighted by molar-refractivity contribution is 6.30. The van der Waals surface area contributed by atoms with Crippen molar-refractivity contribution in [3.05, 3.63) is 0 Å². The highest BCUT2D eigenvalue weighted by Gasteiger charge is 1.92. The summed E-state index contributed by atoms with van der Waals surface area (Å²) < 4.78 is 0. The average Bonchev–Trinajstić information content (AvgIpc) is 0.811. The third kappa shape index (κ3) is 590. The molecule has 0 saturated carbocycles. The molecule has 0 aromatic heterocycles. The first-order valence-electron chi connectivity index (χ1n) is 0.775. The fourth-order valence-electron chi connectivity index (χ4n) is 0. The zero-order valence-electron chi connectivity index (χ0n) is 3.42. The van der Waals surface area contributed by atoms with Crippen LogP contribution in [0.25, 0.3) is 0 Å². The minimum Gasteiger partial charge on any atom is -0.412 e. The van der Waals surface area contributed by atoms with Gasteiger partial charge in [0.15, 0.2) is 0 Å². The Labute approximate surface area is 62.4 Å². The lowest BCUT2D eigenvalue weighted by atomic mass is 10.3. The molecule has 0 saturated heterocycles. The molecule has 8 heteroatoms. The topological polar surface area (TPSA) is 155 Å². The van der Waals surface area contributed by atoms with Crippen LogP contribution in [-0.2, 0) is 0 Å². The summed E-state index contributed by atoms with van der Waals surface area (Å²) in [6.07, 6.45) is 0. The number of hydrogen-bond donors (Lipinski definition) is 3. The van der Waals surface area contributed by atoms with Crippen molar-refractivity contribution in [3.8, 4) is 0 Å². The molecule has 0 unspecified atom stereocenters. The smallest absolute Gasteiger partial charge is 0.412 e. The Morgan fingerprint density at radius 1 is 0.750 bits per heavy atom. The predicted molar refractivity (Wildman–Crippen MR) is 31.8 cm³/mol. The molecule has 0 atom stereocenters. The molecule has 8 heavy (non-hydrogen) atoms. The lowest BCUT2D eigenvalue weighted by molar-refractivity contribution is 0.278. The van der Waals surface area contributed by atoms with Crippen LogP contribution in [0, 0.1) is 0 Å². The average molecular weight is 142 g/mol. The van der Waals surface area contributed by atoms with E-state index in [1.807, 2.05) is 0 Å². The summed E-state index contributed by atoms with van der Waals surface area (Å²) in [5.41, 5.74) is 0. The van der Waals surface area contributed by atoms with Gasteiger partial charge < -0.3 is 31.5 Å². The molecular formula is H11BMgO6. The van der Waals surface area contributed by atoms with E-state index in [1.54, 1.807) is 0 Å². The first-order chi connectivity index (χ1) is 1.73. The minimum atomic E-state index is -2.17. The van der Waals surface area contributed by atoms with E-state index in [9.17, 15) is 0 Å². The summed E-state index contributed by atoms with van der Waals surface area (Å²) in [5.74, 6) is 0. The number of rotatable bonds is 0. The van der Waals surface area contributed by atoms with Gasteiger partial charge in [-0.15, -0.1) is 0 Å². The zero-order chi connectivity index (χ0) is 3.58. The van der Waals surface area contributed by atoms with Crippen molar-refractivity contribution < 1.29 is 31.5 Å². The normalized spacial score (nSPS) is 3.38. The molecule has 0 aromatic carbocycles. The maximum atomic E-state index is 7.17. The maximum absolute atomic E-state index is 7.17. The molecule has 0 fully saturated rings. The Hall–Kier alpha value is 0.591. The Morgan fingerprint density at radius 2 is 0.750 bits per heavy atom. The summed E-state index contributed by atoms with van der Waals surface area (Å²) in [4.78, 5) is 0. The van der Waals surface area contributed by atoms with Gasteiger partial charge in [0.25, 0.3) is 0 Å². The first-order valence-corrected chi connectivity index (χ1v) is 0.775. The molecule has 0 amide bonds. The molecule has 0 aliphatic heterocycles. The van der Waals surface area contributed by atoms with Crippen LogP contribution >= 0.6 is 0 Å². The molecule has 0 aliphatic carbocycles. The SMILES string of the molecule is O.O.O.OB(O)O.[MgH2]. The summed E-state index contributed by atoms with van der Waals surface area (Å²) in [6.45, 7) is 0. The van der Waals surface area contributed by atoms with E-state index in [2.05, 4.69) is 0 Å². The molecule has 0 spiro atoms. The van der Waals surface area contributed by atoms with Crippen molar-refractivity contribution >= 4 is 30.4 Å². The fraction of sp³-hybridized carbons (Fsp3) is 0. The summed E-state index contributed by atoms with van der Waals surface area (Å²) in [7, 11) is -2.17. The zero-order valence-corrected chi connectivity index (χ0v) is 3.42. The van der Waals surface area contributed by atoms with E-state index in [1.165, 1.54) is 0 Å². The van der Waals surface area contributed by atoms with E-state index in [4.69, 9.17) is 15.1 Å². The Balaban J connectivity index is -0.00000000750. The molecule has 0 aromatic rings. The standard InChI is InChI=1S/BH3O3.Mg.3H2O.2H/c2-1(3)4;;;;;;/h2-4H;;3*1H2;;. The van der Waals surface area contributed by atoms with Gasteiger partial charge in [-0.3, -0.25) is 0 Å². The van der Waals surface area contributed by atoms with Gasteiger partial charge in [0.1, 0.15) is 0 Å². The van der Waals surface area contributed by atoms with Gasteiger partial charge in [0.05, 0.1) is 0 Å². The third-order valence-electron chi connectivity index (χ3n) is 0. The second-order valence-corrected chi connectivity index (χ2v) is 0.346. The van der Waals surface area contributed by atoms with E-state index in [0.717, 1.165) is 0 Å². The van der Waals surface area contributed by atoms with Gasteiger partial charge in [0, 0.05) is 0 Å².